The molecule has 3 rings (SSSR count). The van der Waals surface area contributed by atoms with Gasteiger partial charge in [-0.25, -0.2) is 4.98 Å². The van der Waals surface area contributed by atoms with E-state index < -0.39 is 0 Å². The van der Waals surface area contributed by atoms with Crippen molar-refractivity contribution in [1.82, 2.24) is 9.66 Å². The molecule has 0 bridgehead atoms. The van der Waals surface area contributed by atoms with Gasteiger partial charge in [-0.1, -0.05) is 37.3 Å². The Bertz CT molecular complexity index is 921. The summed E-state index contributed by atoms with van der Waals surface area (Å²) in [6, 6.07) is 9.95. The summed E-state index contributed by atoms with van der Waals surface area (Å²) in [5.41, 5.74) is 4.94. The zero-order chi connectivity index (χ0) is 16.4. The molecule has 0 radical (unpaired) electrons. The predicted octanol–water partition coefficient (Wildman–Crippen LogP) is 2.53. The lowest BCUT2D eigenvalue weighted by atomic mass is 10.1. The summed E-state index contributed by atoms with van der Waals surface area (Å²) < 4.78 is 3.38. The average molecular weight is 327 g/mol. The highest BCUT2D eigenvalue weighted by Crippen LogP contribution is 2.30. The van der Waals surface area contributed by atoms with Crippen LogP contribution in [0, 0.1) is 0 Å². The van der Waals surface area contributed by atoms with Crippen LogP contribution in [0.5, 0.6) is 0 Å². The van der Waals surface area contributed by atoms with E-state index in [0.29, 0.717) is 11.8 Å². The van der Waals surface area contributed by atoms with Crippen molar-refractivity contribution in [3.8, 4) is 11.1 Å². The van der Waals surface area contributed by atoms with Gasteiger partial charge in [0, 0.05) is 17.4 Å². The predicted molar refractivity (Wildman–Crippen MR) is 96.2 cm³/mol. The summed E-state index contributed by atoms with van der Waals surface area (Å²) in [5, 5.41) is 2.67. The highest BCUT2D eigenvalue weighted by Gasteiger charge is 2.17. The normalized spacial score (nSPS) is 10.7. The maximum Gasteiger partial charge on any atom is 0.298 e. The fourth-order valence-corrected chi connectivity index (χ4v) is 3.36. The molecule has 3 aromatic rings. The monoisotopic (exact) mass is 327 g/mol. The van der Waals surface area contributed by atoms with Gasteiger partial charge >= 0.3 is 0 Å². The van der Waals surface area contributed by atoms with Gasteiger partial charge in [-0.05, 0) is 5.56 Å². The molecule has 1 aromatic carbocycles. The minimum Gasteiger partial charge on any atom is -0.272 e. The second kappa shape index (κ2) is 6.34. The Morgan fingerprint density at radius 3 is 2.70 bits per heavy atom. The number of nitrogens with zero attached hydrogens (tertiary/aromatic N) is 3. The maximum absolute atomic E-state index is 13.0. The number of aromatic nitrogens is 2. The first-order valence-corrected chi connectivity index (χ1v) is 8.34. The first kappa shape index (κ1) is 15.4. The molecule has 6 heteroatoms. The molecule has 23 heavy (non-hydrogen) atoms. The van der Waals surface area contributed by atoms with Crippen LogP contribution in [0.15, 0.2) is 40.5 Å². The third-order valence-electron chi connectivity index (χ3n) is 3.52. The number of nitrogens with one attached hydrogen (secondary N) is 1. The first-order valence-electron chi connectivity index (χ1n) is 7.46. The summed E-state index contributed by atoms with van der Waals surface area (Å²) in [6.07, 6.45) is 2.42. The number of benzene rings is 1. The van der Waals surface area contributed by atoms with E-state index in [2.05, 4.69) is 10.4 Å². The molecule has 0 aliphatic heterocycles. The molecule has 0 unspecified atom stereocenters. The molecular weight excluding hydrogens is 308 g/mol. The number of fused-ring (bicyclic) bond motifs is 1. The van der Waals surface area contributed by atoms with Gasteiger partial charge in [0.15, 0.2) is 5.82 Å². The van der Waals surface area contributed by atoms with Crippen LogP contribution in [0.2, 0.25) is 0 Å². The molecule has 0 amide bonds. The van der Waals surface area contributed by atoms with Gasteiger partial charge < -0.3 is 0 Å². The van der Waals surface area contributed by atoms with Crippen molar-refractivity contribution in [1.29, 1.82) is 0 Å². The fourth-order valence-electron chi connectivity index (χ4n) is 2.41. The molecule has 5 nitrogen and oxygen atoms in total. The molecule has 2 heterocycles. The van der Waals surface area contributed by atoms with E-state index in [1.54, 1.807) is 6.34 Å². The van der Waals surface area contributed by atoms with Crippen molar-refractivity contribution in [2.75, 3.05) is 19.5 Å². The van der Waals surface area contributed by atoms with Crippen molar-refractivity contribution in [2.24, 2.45) is 0 Å². The van der Waals surface area contributed by atoms with Crippen LogP contribution in [-0.4, -0.2) is 34.7 Å². The van der Waals surface area contributed by atoms with E-state index in [4.69, 9.17) is 0 Å². The van der Waals surface area contributed by atoms with E-state index in [0.717, 1.165) is 21.8 Å². The summed E-state index contributed by atoms with van der Waals surface area (Å²) in [7, 11) is 3.80. The number of hydrogen-bond donors (Lipinski definition) is 1. The highest BCUT2D eigenvalue weighted by atomic mass is 32.1. The summed E-state index contributed by atoms with van der Waals surface area (Å²) in [4.78, 5) is 18.4. The lowest BCUT2D eigenvalue weighted by Crippen LogP contribution is -2.33. The number of hydrogen-bond acceptors (Lipinski definition) is 3. The minimum atomic E-state index is -0.0648. The van der Waals surface area contributed by atoms with E-state index >= 15 is 0 Å². The lowest BCUT2D eigenvalue weighted by molar-refractivity contribution is -0.459. The zero-order valence-electron chi connectivity index (χ0n) is 13.4. The van der Waals surface area contributed by atoms with Crippen molar-refractivity contribution in [3.63, 3.8) is 0 Å². The number of aryl methyl sites for hydroxylation is 1. The van der Waals surface area contributed by atoms with E-state index in [9.17, 15) is 4.79 Å². The van der Waals surface area contributed by atoms with Crippen LogP contribution < -0.4 is 11.0 Å². The van der Waals surface area contributed by atoms with Gasteiger partial charge in [-0.15, -0.1) is 16.0 Å². The quantitative estimate of drug-likeness (QED) is 0.455. The molecule has 1 N–H and O–H groups in total. The Hall–Kier alpha value is -2.47. The minimum absolute atomic E-state index is 0.0648. The van der Waals surface area contributed by atoms with Crippen LogP contribution in [0.3, 0.4) is 0 Å². The van der Waals surface area contributed by atoms with Gasteiger partial charge in [-0.2, -0.15) is 5.43 Å². The summed E-state index contributed by atoms with van der Waals surface area (Å²) in [5.74, 6) is 0.724. The van der Waals surface area contributed by atoms with Crippen LogP contribution in [-0.2, 0) is 6.42 Å². The second-order valence-electron chi connectivity index (χ2n) is 5.44. The molecule has 118 valence electrons. The van der Waals surface area contributed by atoms with Gasteiger partial charge in [0.05, 0.1) is 19.5 Å². The Kier molecular flexibility index (Phi) is 4.25. The highest BCUT2D eigenvalue weighted by molar-refractivity contribution is 7.17. The van der Waals surface area contributed by atoms with Gasteiger partial charge in [-0.3, -0.25) is 9.37 Å². The molecule has 0 aliphatic carbocycles. The molecular formula is C17H19N4OS+. The summed E-state index contributed by atoms with van der Waals surface area (Å²) in [6.45, 7) is 1.99. The topological polar surface area (TPSA) is 49.9 Å². The standard InChI is InChI=1S/C17H18N4OS/c1-4-14-19-16-15(17(22)21(14)18-11-20(2)3)13(10-23-16)12-8-6-5-7-9-12/h5-11H,4H2,1-3H3/p+1. The molecule has 0 saturated heterocycles. The van der Waals surface area contributed by atoms with Gasteiger partial charge in [0.25, 0.3) is 11.9 Å². The van der Waals surface area contributed by atoms with E-state index in [-0.39, 0.29) is 5.56 Å². The third kappa shape index (κ3) is 2.90. The number of thiophene rings is 1. The van der Waals surface area contributed by atoms with Gasteiger partial charge in [0.1, 0.15) is 4.83 Å². The third-order valence-corrected chi connectivity index (χ3v) is 4.40. The fraction of sp³-hybridized carbons (Fsp3) is 0.235. The van der Waals surface area contributed by atoms with Crippen molar-refractivity contribution >= 4 is 27.9 Å². The maximum atomic E-state index is 13.0. The Labute approximate surface area is 138 Å². The molecule has 2 aromatic heterocycles. The zero-order valence-corrected chi connectivity index (χ0v) is 14.2. The van der Waals surface area contributed by atoms with Crippen molar-refractivity contribution in [3.05, 3.63) is 51.9 Å². The van der Waals surface area contributed by atoms with Crippen LogP contribution in [0.4, 0.5) is 0 Å². The molecule has 0 saturated carbocycles. The molecule has 0 fully saturated rings. The van der Waals surface area contributed by atoms with Crippen LogP contribution in [0.25, 0.3) is 21.3 Å². The van der Waals surface area contributed by atoms with Gasteiger partial charge in [0.2, 0.25) is 0 Å². The van der Waals surface area contributed by atoms with E-state index in [1.165, 1.54) is 16.0 Å². The second-order valence-corrected chi connectivity index (χ2v) is 6.30. The Morgan fingerprint density at radius 2 is 2.04 bits per heavy atom. The van der Waals surface area contributed by atoms with Crippen LogP contribution >= 0.6 is 11.3 Å². The Morgan fingerprint density at radius 1 is 1.30 bits per heavy atom. The van der Waals surface area contributed by atoms with Crippen LogP contribution in [0.1, 0.15) is 12.7 Å². The molecule has 0 aliphatic rings. The SMILES string of the molecule is CCc1nc2scc(-c3ccccc3)c2c(=O)n1NC=[N+](C)C. The van der Waals surface area contributed by atoms with Crippen molar-refractivity contribution < 1.29 is 4.58 Å². The van der Waals surface area contributed by atoms with Crippen molar-refractivity contribution in [2.45, 2.75) is 13.3 Å². The first-order chi connectivity index (χ1) is 11.1. The molecule has 0 spiro atoms. The lowest BCUT2D eigenvalue weighted by Gasteiger charge is -2.07. The largest absolute Gasteiger partial charge is 0.298 e. The molecule has 0 atom stereocenters. The summed E-state index contributed by atoms with van der Waals surface area (Å²) >= 11 is 1.51. The van der Waals surface area contributed by atoms with E-state index in [1.807, 2.05) is 61.3 Å². The smallest absolute Gasteiger partial charge is 0.272 e. The number of rotatable bonds is 4. The Balaban J connectivity index is 2.26. The average Bonchev–Trinajstić information content (AvgIpc) is 2.98.